The van der Waals surface area contributed by atoms with Crippen molar-refractivity contribution in [3.8, 4) is 40.0 Å². The van der Waals surface area contributed by atoms with Crippen LogP contribution < -0.4 is 10.1 Å². The van der Waals surface area contributed by atoms with E-state index in [1.54, 1.807) is 36.4 Å². The number of carboxylic acids is 1. The number of nitrogens with zero attached hydrogens (tertiary/aromatic N) is 3. The van der Waals surface area contributed by atoms with Gasteiger partial charge in [0.25, 0.3) is 5.89 Å². The molecule has 0 radical (unpaired) electrons. The first kappa shape index (κ1) is 26.4. The zero-order chi connectivity index (χ0) is 27.7. The molecule has 1 aliphatic heterocycles. The van der Waals surface area contributed by atoms with E-state index in [1.165, 1.54) is 12.1 Å². The van der Waals surface area contributed by atoms with Crippen LogP contribution in [0.1, 0.15) is 37.0 Å². The lowest BCUT2D eigenvalue weighted by Gasteiger charge is -2.33. The number of ether oxygens (including phenoxy) is 1. The molecular formula is C26H23F3N4O6. The van der Waals surface area contributed by atoms with Gasteiger partial charge >= 0.3 is 12.1 Å². The van der Waals surface area contributed by atoms with Gasteiger partial charge in [0.15, 0.2) is 0 Å². The third-order valence-corrected chi connectivity index (χ3v) is 6.32. The molecule has 1 aliphatic rings. The van der Waals surface area contributed by atoms with Crippen molar-refractivity contribution in [3.63, 3.8) is 0 Å². The van der Waals surface area contributed by atoms with E-state index in [0.29, 0.717) is 23.3 Å². The van der Waals surface area contributed by atoms with Gasteiger partial charge in [-0.25, -0.2) is 0 Å². The standard InChI is InChI=1S/C26H23F3N4O6/c1-13(7-10-19(34)35)30-17-12-37-18-11-15(8-9-16(18)22(17)36)24-31-25(39-33-24)23-20(26(27,28)29)21(32-38-23)14-5-3-2-4-6-14/h2-6,8-9,11,13,17,22,30,36H,7,10,12H2,1H3,(H,34,35). The minimum Gasteiger partial charge on any atom is -0.491 e. The summed E-state index contributed by atoms with van der Waals surface area (Å²) in [5.74, 6) is -1.76. The average Bonchev–Trinajstić information content (AvgIpc) is 3.57. The molecular weight excluding hydrogens is 521 g/mol. The predicted molar refractivity (Wildman–Crippen MR) is 129 cm³/mol. The molecule has 3 heterocycles. The summed E-state index contributed by atoms with van der Waals surface area (Å²) in [7, 11) is 0. The Bertz CT molecular complexity index is 1470. The number of hydrogen-bond donors (Lipinski definition) is 3. The van der Waals surface area contributed by atoms with Crippen LogP contribution in [0.3, 0.4) is 0 Å². The Morgan fingerprint density at radius 2 is 1.90 bits per heavy atom. The number of aliphatic carboxylic acids is 1. The third kappa shape index (κ3) is 5.49. The summed E-state index contributed by atoms with van der Waals surface area (Å²) in [4.78, 5) is 14.9. The predicted octanol–water partition coefficient (Wildman–Crippen LogP) is 4.71. The van der Waals surface area contributed by atoms with Crippen molar-refractivity contribution >= 4 is 5.97 Å². The van der Waals surface area contributed by atoms with E-state index in [9.17, 15) is 23.1 Å². The lowest BCUT2D eigenvalue weighted by atomic mass is 9.96. The Balaban J connectivity index is 1.38. The topological polar surface area (TPSA) is 144 Å². The molecule has 2 aromatic carbocycles. The second-order valence-electron chi connectivity index (χ2n) is 9.14. The number of hydrogen-bond acceptors (Lipinski definition) is 9. The van der Waals surface area contributed by atoms with Gasteiger partial charge in [-0.05, 0) is 19.4 Å². The molecule has 0 saturated carbocycles. The molecule has 2 aromatic heterocycles. The summed E-state index contributed by atoms with van der Waals surface area (Å²) in [6.07, 6.45) is -5.36. The summed E-state index contributed by atoms with van der Waals surface area (Å²) >= 11 is 0. The van der Waals surface area contributed by atoms with Gasteiger partial charge in [0.05, 0.1) is 6.04 Å². The number of aromatic nitrogens is 3. The fraction of sp³-hybridized carbons (Fsp3) is 0.308. The molecule has 3 N–H and O–H groups in total. The molecule has 10 nitrogen and oxygen atoms in total. The zero-order valence-electron chi connectivity index (χ0n) is 20.5. The van der Waals surface area contributed by atoms with E-state index in [1.807, 2.05) is 6.92 Å². The van der Waals surface area contributed by atoms with Crippen molar-refractivity contribution in [1.82, 2.24) is 20.6 Å². The largest absolute Gasteiger partial charge is 0.491 e. The Kier molecular flexibility index (Phi) is 7.10. The van der Waals surface area contributed by atoms with Crippen LogP contribution in [0.15, 0.2) is 57.6 Å². The van der Waals surface area contributed by atoms with Crippen LogP contribution >= 0.6 is 0 Å². The lowest BCUT2D eigenvalue weighted by Crippen LogP contribution is -2.46. The van der Waals surface area contributed by atoms with Crippen molar-refractivity contribution < 1.29 is 42.0 Å². The van der Waals surface area contributed by atoms with E-state index in [-0.39, 0.29) is 30.5 Å². The van der Waals surface area contributed by atoms with E-state index < -0.39 is 47.2 Å². The van der Waals surface area contributed by atoms with E-state index in [0.717, 1.165) is 0 Å². The van der Waals surface area contributed by atoms with Gasteiger partial charge in [-0.15, -0.1) is 0 Å². The number of fused-ring (bicyclic) bond motifs is 1. The maximum Gasteiger partial charge on any atom is 0.422 e. The molecule has 4 aromatic rings. The smallest absolute Gasteiger partial charge is 0.422 e. The Hall–Kier alpha value is -4.23. The van der Waals surface area contributed by atoms with Gasteiger partial charge in [-0.3, -0.25) is 4.79 Å². The van der Waals surface area contributed by atoms with Crippen LogP contribution in [0.4, 0.5) is 13.2 Å². The van der Waals surface area contributed by atoms with Crippen LogP contribution in [0.25, 0.3) is 34.3 Å². The lowest BCUT2D eigenvalue weighted by molar-refractivity contribution is -0.138. The number of benzene rings is 2. The number of aliphatic hydroxyl groups is 1. The van der Waals surface area contributed by atoms with Crippen LogP contribution in [0.2, 0.25) is 0 Å². The number of alkyl halides is 3. The Morgan fingerprint density at radius 3 is 2.62 bits per heavy atom. The van der Waals surface area contributed by atoms with Crippen molar-refractivity contribution in [1.29, 1.82) is 0 Å². The van der Waals surface area contributed by atoms with Gasteiger partial charge < -0.3 is 29.3 Å². The van der Waals surface area contributed by atoms with Crippen LogP contribution in [-0.2, 0) is 11.0 Å². The average molecular weight is 544 g/mol. The number of nitrogens with one attached hydrogen (secondary N) is 1. The van der Waals surface area contributed by atoms with E-state index in [2.05, 4.69) is 20.6 Å². The molecule has 0 amide bonds. The highest BCUT2D eigenvalue weighted by atomic mass is 19.4. The SMILES string of the molecule is CC(CCC(=O)O)NC1COc2cc(-c3noc(-c4onc(-c5ccccc5)c4C(F)(F)F)n3)ccc2C1O. The first-order chi connectivity index (χ1) is 18.6. The summed E-state index contributed by atoms with van der Waals surface area (Å²) in [6, 6.07) is 11.9. The van der Waals surface area contributed by atoms with E-state index >= 15 is 0 Å². The van der Waals surface area contributed by atoms with Gasteiger partial charge in [0.2, 0.25) is 11.6 Å². The van der Waals surface area contributed by atoms with Gasteiger partial charge in [-0.2, -0.15) is 18.2 Å². The summed E-state index contributed by atoms with van der Waals surface area (Å²) < 4.78 is 57.9. The molecule has 13 heteroatoms. The highest BCUT2D eigenvalue weighted by molar-refractivity contribution is 5.71. The summed E-state index contributed by atoms with van der Waals surface area (Å²) in [5, 5.41) is 30.3. The molecule has 3 unspecified atom stereocenters. The van der Waals surface area contributed by atoms with Gasteiger partial charge in [-0.1, -0.05) is 52.8 Å². The molecule has 204 valence electrons. The highest BCUT2D eigenvalue weighted by Gasteiger charge is 2.43. The zero-order valence-corrected chi connectivity index (χ0v) is 20.5. The second kappa shape index (κ2) is 10.5. The molecule has 5 rings (SSSR count). The Morgan fingerprint density at radius 1 is 1.13 bits per heavy atom. The quantitative estimate of drug-likeness (QED) is 0.285. The second-order valence-corrected chi connectivity index (χ2v) is 9.14. The van der Waals surface area contributed by atoms with E-state index in [4.69, 9.17) is 18.9 Å². The molecule has 3 atom stereocenters. The van der Waals surface area contributed by atoms with Gasteiger partial charge in [0.1, 0.15) is 29.7 Å². The number of rotatable bonds is 8. The highest BCUT2D eigenvalue weighted by Crippen LogP contribution is 2.43. The molecule has 0 fully saturated rings. The maximum atomic E-state index is 14.0. The van der Waals surface area contributed by atoms with Crippen LogP contribution in [0, 0.1) is 0 Å². The first-order valence-electron chi connectivity index (χ1n) is 12.0. The minimum atomic E-state index is -4.80. The molecule has 0 bridgehead atoms. The Labute approximate surface area is 219 Å². The normalized spacial score (nSPS) is 17.9. The molecule has 0 spiro atoms. The van der Waals surface area contributed by atoms with Crippen LogP contribution in [-0.4, -0.2) is 50.2 Å². The monoisotopic (exact) mass is 544 g/mol. The van der Waals surface area contributed by atoms with Crippen molar-refractivity contribution in [2.75, 3.05) is 6.61 Å². The molecule has 0 saturated heterocycles. The maximum absolute atomic E-state index is 14.0. The number of carbonyl (C=O) groups is 1. The third-order valence-electron chi connectivity index (χ3n) is 6.32. The van der Waals surface area contributed by atoms with Crippen molar-refractivity contribution in [2.45, 2.75) is 44.1 Å². The fourth-order valence-electron chi connectivity index (χ4n) is 4.38. The molecule has 0 aliphatic carbocycles. The number of carboxylic acid groups (broad SMARTS) is 1. The number of halogens is 3. The van der Waals surface area contributed by atoms with Gasteiger partial charge in [0, 0.05) is 29.2 Å². The van der Waals surface area contributed by atoms with Crippen LogP contribution in [0.5, 0.6) is 5.75 Å². The summed E-state index contributed by atoms with van der Waals surface area (Å²) in [5.41, 5.74) is -0.437. The minimum absolute atomic E-state index is 0.00340. The van der Waals surface area contributed by atoms with Crippen molar-refractivity contribution in [2.24, 2.45) is 0 Å². The van der Waals surface area contributed by atoms with Crippen molar-refractivity contribution in [3.05, 3.63) is 59.7 Å². The number of aliphatic hydroxyl groups excluding tert-OH is 1. The summed E-state index contributed by atoms with van der Waals surface area (Å²) in [6.45, 7) is 1.94. The molecule has 39 heavy (non-hydrogen) atoms. The fourth-order valence-corrected chi connectivity index (χ4v) is 4.38. The first-order valence-corrected chi connectivity index (χ1v) is 12.0.